The molecule has 1 heterocycles. The number of imide groups is 1. The molecule has 3 aliphatic rings. The van der Waals surface area contributed by atoms with Gasteiger partial charge in [-0.2, -0.15) is 13.2 Å². The molecule has 4 atom stereocenters. The van der Waals surface area contributed by atoms with E-state index in [-0.39, 0.29) is 21.3 Å². The van der Waals surface area contributed by atoms with Crippen LogP contribution in [0.3, 0.4) is 0 Å². The van der Waals surface area contributed by atoms with E-state index in [9.17, 15) is 27.6 Å². The summed E-state index contributed by atoms with van der Waals surface area (Å²) in [4.78, 5) is 36.6. The topological polar surface area (TPSA) is 66.5 Å². The third kappa shape index (κ3) is 3.36. The fraction of sp³-hybridized carbons (Fsp3) is 0.261. The van der Waals surface area contributed by atoms with Crippen LogP contribution in [0.5, 0.6) is 0 Å². The Balaban J connectivity index is 1.49. The van der Waals surface area contributed by atoms with E-state index in [1.807, 2.05) is 0 Å². The maximum absolute atomic E-state index is 13.5. The molecule has 2 aromatic carbocycles. The van der Waals surface area contributed by atoms with Crippen molar-refractivity contribution in [2.45, 2.75) is 20.3 Å². The molecule has 0 aromatic heterocycles. The average Bonchev–Trinajstić information content (AvgIpc) is 3.22. The molecule has 2 bridgehead atoms. The zero-order valence-electron chi connectivity index (χ0n) is 17.8. The van der Waals surface area contributed by atoms with Crippen LogP contribution < -0.4 is 10.2 Å². The number of rotatable bonds is 3. The third-order valence-corrected chi connectivity index (χ3v) is 11.0. The van der Waals surface area contributed by atoms with Gasteiger partial charge in [-0.3, -0.25) is 14.4 Å². The number of nitrogens with zero attached hydrogens (tertiary/aromatic N) is 1. The highest BCUT2D eigenvalue weighted by Crippen LogP contribution is 2.77. The van der Waals surface area contributed by atoms with Gasteiger partial charge in [0, 0.05) is 5.56 Å². The smallest absolute Gasteiger partial charge is 0.321 e. The van der Waals surface area contributed by atoms with Crippen molar-refractivity contribution in [3.63, 3.8) is 0 Å². The second-order valence-corrected chi connectivity index (χ2v) is 11.9. The van der Waals surface area contributed by atoms with Gasteiger partial charge in [0.25, 0.3) is 5.91 Å². The molecule has 194 valence electrons. The zero-order chi connectivity index (χ0) is 27.3. The number of alkyl halides is 7. The van der Waals surface area contributed by atoms with Crippen molar-refractivity contribution in [3.05, 3.63) is 69.7 Å². The highest BCUT2D eigenvalue weighted by molar-refractivity contribution is 6.67. The molecule has 2 aromatic rings. The standard InChI is InChI=1S/C23H11Cl6F3N2O3/c24-15-16(25)21(27)14-13(20(15,26)23(21,28)29)18(36)34(19(14)37)10-5-3-4-9(8-10)17(35)33-12-7-2-1-6-11(12)22(30,31)32/h1-8,13-14H,(H,33,35)/t13-,14+,20-,21-/m1/s1. The van der Waals surface area contributed by atoms with Gasteiger partial charge in [-0.25, -0.2) is 4.90 Å². The van der Waals surface area contributed by atoms with Crippen LogP contribution in [-0.4, -0.2) is 31.8 Å². The molecule has 1 saturated heterocycles. The van der Waals surface area contributed by atoms with E-state index in [0.29, 0.717) is 0 Å². The summed E-state index contributed by atoms with van der Waals surface area (Å²) in [5.74, 6) is -5.32. The molecule has 1 aliphatic heterocycles. The number of benzene rings is 2. The maximum atomic E-state index is 13.5. The molecule has 1 saturated carbocycles. The van der Waals surface area contributed by atoms with Gasteiger partial charge < -0.3 is 5.32 Å². The Morgan fingerprint density at radius 3 is 1.95 bits per heavy atom. The van der Waals surface area contributed by atoms with Gasteiger partial charge in [-0.1, -0.05) is 64.6 Å². The van der Waals surface area contributed by atoms with Gasteiger partial charge in [0.15, 0.2) is 4.33 Å². The second kappa shape index (κ2) is 8.41. The number of anilines is 2. The number of para-hydroxylation sites is 1. The average molecular weight is 633 g/mol. The number of fused-ring (bicyclic) bond motifs is 5. The van der Waals surface area contributed by atoms with E-state index in [4.69, 9.17) is 69.6 Å². The van der Waals surface area contributed by atoms with E-state index >= 15 is 0 Å². The van der Waals surface area contributed by atoms with Crippen molar-refractivity contribution >= 4 is 98.7 Å². The van der Waals surface area contributed by atoms with Crippen LogP contribution in [-0.2, 0) is 15.8 Å². The summed E-state index contributed by atoms with van der Waals surface area (Å²) >= 11 is 38.8. The summed E-state index contributed by atoms with van der Waals surface area (Å²) < 4.78 is 37.8. The molecule has 14 heteroatoms. The molecule has 5 nitrogen and oxygen atoms in total. The molecule has 0 unspecified atom stereocenters. The van der Waals surface area contributed by atoms with E-state index in [2.05, 4.69) is 5.32 Å². The van der Waals surface area contributed by atoms with Crippen molar-refractivity contribution in [3.8, 4) is 0 Å². The summed E-state index contributed by atoms with van der Waals surface area (Å²) in [6.45, 7) is 0. The molecular formula is C23H11Cl6F3N2O3. The third-order valence-electron chi connectivity index (χ3n) is 6.76. The van der Waals surface area contributed by atoms with E-state index in [1.54, 1.807) is 0 Å². The van der Waals surface area contributed by atoms with Crippen molar-refractivity contribution < 1.29 is 27.6 Å². The lowest BCUT2D eigenvalue weighted by Gasteiger charge is -2.34. The molecule has 1 N–H and O–H groups in total. The normalized spacial score (nSPS) is 30.2. The summed E-state index contributed by atoms with van der Waals surface area (Å²) in [5, 5.41) is 1.70. The first-order valence-electron chi connectivity index (χ1n) is 10.4. The highest BCUT2D eigenvalue weighted by atomic mass is 35.5. The SMILES string of the molecule is O=C(Nc1ccccc1C(F)(F)F)c1cccc(N2C(=O)[C@@H]3[C@H](C2=O)[C@@]2(Cl)C(Cl)=C(Cl)[C@@]3(Cl)C2(Cl)Cl)c1. The Kier molecular flexibility index (Phi) is 6.11. The Morgan fingerprint density at radius 1 is 0.865 bits per heavy atom. The summed E-state index contributed by atoms with van der Waals surface area (Å²) in [6, 6.07) is 9.60. The minimum absolute atomic E-state index is 0.0527. The van der Waals surface area contributed by atoms with Crippen LogP contribution >= 0.6 is 69.6 Å². The van der Waals surface area contributed by atoms with E-state index < -0.39 is 61.1 Å². The Bertz CT molecular complexity index is 1380. The number of hydrogen-bond donors (Lipinski definition) is 1. The Hall–Kier alpha value is -1.68. The molecule has 3 amide bonds. The number of allylic oxidation sites excluding steroid dienone is 2. The number of amides is 3. The molecule has 0 radical (unpaired) electrons. The summed E-state index contributed by atoms with van der Waals surface area (Å²) in [6.07, 6.45) is -4.71. The van der Waals surface area contributed by atoms with Crippen LogP contribution in [0.25, 0.3) is 0 Å². The Labute approximate surface area is 237 Å². The van der Waals surface area contributed by atoms with Crippen molar-refractivity contribution in [1.82, 2.24) is 0 Å². The lowest BCUT2D eigenvalue weighted by Crippen LogP contribution is -2.50. The molecule has 37 heavy (non-hydrogen) atoms. The fourth-order valence-electron chi connectivity index (χ4n) is 5.07. The predicted molar refractivity (Wildman–Crippen MR) is 136 cm³/mol. The largest absolute Gasteiger partial charge is 0.418 e. The second-order valence-electron chi connectivity index (χ2n) is 8.64. The maximum Gasteiger partial charge on any atom is 0.418 e. The molecule has 5 rings (SSSR count). The molecular weight excluding hydrogens is 622 g/mol. The zero-order valence-corrected chi connectivity index (χ0v) is 22.4. The van der Waals surface area contributed by atoms with Crippen LogP contribution in [0.4, 0.5) is 24.5 Å². The summed E-state index contributed by atoms with van der Waals surface area (Å²) in [5.41, 5.74) is -1.69. The van der Waals surface area contributed by atoms with Crippen molar-refractivity contribution in [2.75, 3.05) is 10.2 Å². The quantitative estimate of drug-likeness (QED) is 0.296. The monoisotopic (exact) mass is 630 g/mol. The van der Waals surface area contributed by atoms with Crippen LogP contribution in [0.2, 0.25) is 0 Å². The lowest BCUT2D eigenvalue weighted by molar-refractivity contribution is -0.137. The molecule has 2 aliphatic carbocycles. The van der Waals surface area contributed by atoms with Gasteiger partial charge in [-0.15, -0.1) is 23.2 Å². The summed E-state index contributed by atoms with van der Waals surface area (Å²) in [7, 11) is 0. The van der Waals surface area contributed by atoms with Crippen LogP contribution in [0.1, 0.15) is 15.9 Å². The van der Waals surface area contributed by atoms with Gasteiger partial charge in [0.1, 0.15) is 9.75 Å². The lowest BCUT2D eigenvalue weighted by atomic mass is 9.84. The minimum Gasteiger partial charge on any atom is -0.321 e. The van der Waals surface area contributed by atoms with Gasteiger partial charge >= 0.3 is 6.18 Å². The number of hydrogen-bond acceptors (Lipinski definition) is 3. The number of carbonyl (C=O) groups excluding carboxylic acids is 3. The van der Waals surface area contributed by atoms with Gasteiger partial charge in [0.05, 0.1) is 38.8 Å². The van der Waals surface area contributed by atoms with Gasteiger partial charge in [0.2, 0.25) is 11.8 Å². The Morgan fingerprint density at radius 2 is 1.41 bits per heavy atom. The fourth-order valence-corrected chi connectivity index (χ4v) is 8.00. The van der Waals surface area contributed by atoms with Gasteiger partial charge in [-0.05, 0) is 30.3 Å². The van der Waals surface area contributed by atoms with E-state index in [0.717, 1.165) is 23.1 Å². The first-order valence-corrected chi connectivity index (χ1v) is 12.6. The number of halogens is 9. The van der Waals surface area contributed by atoms with E-state index in [1.165, 1.54) is 30.3 Å². The minimum atomic E-state index is -4.71. The first-order chi connectivity index (χ1) is 17.1. The molecule has 0 spiro atoms. The number of nitrogens with one attached hydrogen (secondary N) is 1. The first kappa shape index (κ1) is 26.9. The van der Waals surface area contributed by atoms with Crippen LogP contribution in [0, 0.1) is 11.8 Å². The van der Waals surface area contributed by atoms with Crippen molar-refractivity contribution in [2.24, 2.45) is 11.8 Å². The van der Waals surface area contributed by atoms with Crippen LogP contribution in [0.15, 0.2) is 58.6 Å². The number of carbonyl (C=O) groups is 3. The highest BCUT2D eigenvalue weighted by Gasteiger charge is 2.87. The van der Waals surface area contributed by atoms with Crippen molar-refractivity contribution in [1.29, 1.82) is 0 Å². The predicted octanol–water partition coefficient (Wildman–Crippen LogP) is 6.91. The molecule has 2 fully saturated rings.